The maximum Gasteiger partial charge on any atom is 0.224 e. The summed E-state index contributed by atoms with van der Waals surface area (Å²) in [6.07, 6.45) is 2.99. The lowest BCUT2D eigenvalue weighted by molar-refractivity contribution is 0.617. The zero-order chi connectivity index (χ0) is 14.4. The van der Waals surface area contributed by atoms with E-state index < -0.39 is 5.82 Å². The van der Waals surface area contributed by atoms with Gasteiger partial charge >= 0.3 is 0 Å². The number of halogens is 2. The number of aromatic nitrogens is 2. The standard InChI is InChI=1S/C13H16BrFN4S/c1-2-6-17-13-18-8-10(15)12(19-13)16-7-5-9-3-4-11(14)20-9/h3-4,8H,2,5-7H2,1H3,(H2,16,17,18,19). The number of nitrogens with one attached hydrogen (secondary N) is 2. The van der Waals surface area contributed by atoms with E-state index >= 15 is 0 Å². The highest BCUT2D eigenvalue weighted by Crippen LogP contribution is 2.22. The molecule has 2 rings (SSSR count). The predicted octanol–water partition coefficient (Wildman–Crippen LogP) is 3.92. The Balaban J connectivity index is 1.90. The molecule has 0 spiro atoms. The minimum Gasteiger partial charge on any atom is -0.367 e. The van der Waals surface area contributed by atoms with E-state index in [2.05, 4.69) is 49.5 Å². The van der Waals surface area contributed by atoms with Gasteiger partial charge in [0.15, 0.2) is 11.6 Å². The first-order valence-corrected chi connectivity index (χ1v) is 8.04. The second kappa shape index (κ2) is 7.54. The van der Waals surface area contributed by atoms with Crippen LogP contribution >= 0.6 is 27.3 Å². The number of rotatable bonds is 7. The molecule has 0 saturated carbocycles. The summed E-state index contributed by atoms with van der Waals surface area (Å²) in [5.74, 6) is 0.267. The molecule has 0 amide bonds. The third kappa shape index (κ3) is 4.42. The Labute approximate surface area is 130 Å². The molecule has 2 N–H and O–H groups in total. The van der Waals surface area contributed by atoms with Crippen molar-refractivity contribution >= 4 is 39.0 Å². The van der Waals surface area contributed by atoms with E-state index in [1.165, 1.54) is 11.1 Å². The molecule has 20 heavy (non-hydrogen) atoms. The molecular weight excluding hydrogens is 343 g/mol. The first-order valence-electron chi connectivity index (χ1n) is 6.43. The van der Waals surface area contributed by atoms with E-state index in [0.717, 1.165) is 23.2 Å². The molecule has 7 heteroatoms. The first kappa shape index (κ1) is 15.2. The smallest absolute Gasteiger partial charge is 0.224 e. The Bertz CT molecular complexity index is 561. The van der Waals surface area contributed by atoms with Crippen LogP contribution in [-0.2, 0) is 6.42 Å². The molecule has 2 aromatic heterocycles. The van der Waals surface area contributed by atoms with Crippen LogP contribution in [0.15, 0.2) is 22.1 Å². The second-order valence-corrected chi connectivity index (χ2v) is 6.75. The van der Waals surface area contributed by atoms with Gasteiger partial charge in [-0.2, -0.15) is 4.98 Å². The summed E-state index contributed by atoms with van der Waals surface area (Å²) in [5, 5.41) is 6.05. The van der Waals surface area contributed by atoms with Crippen LogP contribution in [0.5, 0.6) is 0 Å². The number of anilines is 2. The number of thiophene rings is 1. The monoisotopic (exact) mass is 358 g/mol. The fourth-order valence-corrected chi connectivity index (χ4v) is 3.09. The van der Waals surface area contributed by atoms with Crippen LogP contribution in [0.25, 0.3) is 0 Å². The van der Waals surface area contributed by atoms with E-state index in [4.69, 9.17) is 0 Å². The minimum absolute atomic E-state index is 0.245. The summed E-state index contributed by atoms with van der Waals surface area (Å²) in [4.78, 5) is 9.28. The van der Waals surface area contributed by atoms with E-state index in [1.54, 1.807) is 11.3 Å². The topological polar surface area (TPSA) is 49.8 Å². The van der Waals surface area contributed by atoms with Crippen LogP contribution in [0.3, 0.4) is 0 Å². The average Bonchev–Trinajstić information content (AvgIpc) is 2.85. The highest BCUT2D eigenvalue weighted by atomic mass is 79.9. The molecule has 2 heterocycles. The Morgan fingerprint density at radius 3 is 2.85 bits per heavy atom. The quantitative estimate of drug-likeness (QED) is 0.787. The van der Waals surface area contributed by atoms with Gasteiger partial charge < -0.3 is 10.6 Å². The number of nitrogens with zero attached hydrogens (tertiary/aromatic N) is 2. The molecule has 0 aliphatic rings. The lowest BCUT2D eigenvalue weighted by Gasteiger charge is -2.08. The molecule has 0 aliphatic heterocycles. The van der Waals surface area contributed by atoms with E-state index in [9.17, 15) is 4.39 Å². The highest BCUT2D eigenvalue weighted by molar-refractivity contribution is 9.11. The van der Waals surface area contributed by atoms with Gasteiger partial charge in [-0.05, 0) is 40.9 Å². The largest absolute Gasteiger partial charge is 0.367 e. The third-order valence-electron chi connectivity index (χ3n) is 2.57. The van der Waals surface area contributed by atoms with Crippen LogP contribution in [-0.4, -0.2) is 23.1 Å². The zero-order valence-electron chi connectivity index (χ0n) is 11.1. The third-order valence-corrected chi connectivity index (χ3v) is 4.25. The van der Waals surface area contributed by atoms with Gasteiger partial charge in [-0.25, -0.2) is 9.37 Å². The molecule has 0 atom stereocenters. The molecule has 0 fully saturated rings. The summed E-state index contributed by atoms with van der Waals surface area (Å²) >= 11 is 5.10. The van der Waals surface area contributed by atoms with Crippen molar-refractivity contribution in [2.45, 2.75) is 19.8 Å². The van der Waals surface area contributed by atoms with Crippen LogP contribution in [0.2, 0.25) is 0 Å². The maximum absolute atomic E-state index is 13.6. The Hall–Kier alpha value is -1.21. The van der Waals surface area contributed by atoms with Gasteiger partial charge in [0.2, 0.25) is 5.95 Å². The molecule has 0 aliphatic carbocycles. The van der Waals surface area contributed by atoms with Crippen molar-refractivity contribution in [3.05, 3.63) is 32.8 Å². The minimum atomic E-state index is -0.431. The SMILES string of the molecule is CCCNc1ncc(F)c(NCCc2ccc(Br)s2)n1. The van der Waals surface area contributed by atoms with Crippen molar-refractivity contribution in [3.63, 3.8) is 0 Å². The van der Waals surface area contributed by atoms with Crippen molar-refractivity contribution in [1.29, 1.82) is 0 Å². The highest BCUT2D eigenvalue weighted by Gasteiger charge is 2.06. The summed E-state index contributed by atoms with van der Waals surface area (Å²) in [5.41, 5.74) is 0. The normalized spacial score (nSPS) is 10.6. The predicted molar refractivity (Wildman–Crippen MR) is 85.0 cm³/mol. The second-order valence-electron chi connectivity index (χ2n) is 4.20. The van der Waals surface area contributed by atoms with Crippen molar-refractivity contribution in [2.24, 2.45) is 0 Å². The van der Waals surface area contributed by atoms with Crippen molar-refractivity contribution in [3.8, 4) is 0 Å². The van der Waals surface area contributed by atoms with E-state index in [1.807, 2.05) is 6.07 Å². The molecule has 108 valence electrons. The summed E-state index contributed by atoms with van der Waals surface area (Å²) < 4.78 is 14.7. The fraction of sp³-hybridized carbons (Fsp3) is 0.385. The van der Waals surface area contributed by atoms with Gasteiger partial charge in [-0.15, -0.1) is 11.3 Å². The first-order chi connectivity index (χ1) is 9.69. The lowest BCUT2D eigenvalue weighted by atomic mass is 10.3. The maximum atomic E-state index is 13.6. The zero-order valence-corrected chi connectivity index (χ0v) is 13.5. The molecular formula is C13H16BrFN4S. The van der Waals surface area contributed by atoms with Gasteiger partial charge in [-0.1, -0.05) is 6.92 Å². The summed E-state index contributed by atoms with van der Waals surface area (Å²) in [6.45, 7) is 3.46. The van der Waals surface area contributed by atoms with Crippen LogP contribution in [0.4, 0.5) is 16.2 Å². The molecule has 0 unspecified atom stereocenters. The van der Waals surface area contributed by atoms with E-state index in [0.29, 0.717) is 12.5 Å². The van der Waals surface area contributed by atoms with Gasteiger partial charge in [0.25, 0.3) is 0 Å². The molecule has 0 aromatic carbocycles. The number of hydrogen-bond acceptors (Lipinski definition) is 5. The van der Waals surface area contributed by atoms with Crippen LogP contribution in [0.1, 0.15) is 18.2 Å². The molecule has 2 aromatic rings. The summed E-state index contributed by atoms with van der Waals surface area (Å²) in [7, 11) is 0. The van der Waals surface area contributed by atoms with Gasteiger partial charge in [0, 0.05) is 18.0 Å². The van der Waals surface area contributed by atoms with Crippen LogP contribution < -0.4 is 10.6 Å². The van der Waals surface area contributed by atoms with Crippen molar-refractivity contribution in [1.82, 2.24) is 9.97 Å². The van der Waals surface area contributed by atoms with Gasteiger partial charge in [-0.3, -0.25) is 0 Å². The Kier molecular flexibility index (Phi) is 5.72. The fourth-order valence-electron chi connectivity index (χ4n) is 1.60. The molecule has 0 bridgehead atoms. The molecule has 0 saturated heterocycles. The van der Waals surface area contributed by atoms with Gasteiger partial charge in [0.05, 0.1) is 9.98 Å². The van der Waals surface area contributed by atoms with Gasteiger partial charge in [0.1, 0.15) is 0 Å². The van der Waals surface area contributed by atoms with Crippen molar-refractivity contribution < 1.29 is 4.39 Å². The molecule has 0 radical (unpaired) electrons. The van der Waals surface area contributed by atoms with Crippen LogP contribution in [0, 0.1) is 5.82 Å². The summed E-state index contributed by atoms with van der Waals surface area (Å²) in [6, 6.07) is 4.07. The Morgan fingerprint density at radius 1 is 1.30 bits per heavy atom. The number of hydrogen-bond donors (Lipinski definition) is 2. The van der Waals surface area contributed by atoms with E-state index in [-0.39, 0.29) is 5.82 Å². The average molecular weight is 359 g/mol. The van der Waals surface area contributed by atoms with Crippen molar-refractivity contribution in [2.75, 3.05) is 23.7 Å². The lowest BCUT2D eigenvalue weighted by Crippen LogP contribution is -2.11. The Morgan fingerprint density at radius 2 is 2.15 bits per heavy atom. The molecule has 4 nitrogen and oxygen atoms in total.